The number of carboxylic acids is 1. The third kappa shape index (κ3) is 2.45. The molecule has 0 saturated carbocycles. The van der Waals surface area contributed by atoms with Crippen LogP contribution in [0.25, 0.3) is 0 Å². The molecule has 0 heterocycles. The quantitative estimate of drug-likeness (QED) is 0.718. The smallest absolute Gasteiger partial charge is 0.320 e. The van der Waals surface area contributed by atoms with Gasteiger partial charge in [0, 0.05) is 0 Å². The van der Waals surface area contributed by atoms with Gasteiger partial charge in [0.05, 0.1) is 0 Å². The fraction of sp³-hybridized carbons (Fsp3) is 0.545. The lowest BCUT2D eigenvalue weighted by Crippen LogP contribution is -2.36. The molecule has 0 aromatic rings. The van der Waals surface area contributed by atoms with Crippen molar-refractivity contribution >= 4 is 5.97 Å². The van der Waals surface area contributed by atoms with Gasteiger partial charge in [-0.3, -0.25) is 4.79 Å². The highest BCUT2D eigenvalue weighted by molar-refractivity contribution is 5.73. The average Bonchev–Trinajstić information content (AvgIpc) is 2.08. The van der Waals surface area contributed by atoms with E-state index in [2.05, 4.69) is 19.9 Å². The molecule has 0 saturated heterocycles. The van der Waals surface area contributed by atoms with Crippen LogP contribution in [0.5, 0.6) is 0 Å². The van der Waals surface area contributed by atoms with Crippen LogP contribution < -0.4 is 5.73 Å². The van der Waals surface area contributed by atoms with Crippen LogP contribution in [0.3, 0.4) is 0 Å². The van der Waals surface area contributed by atoms with Crippen molar-refractivity contribution in [3.8, 4) is 0 Å². The largest absolute Gasteiger partial charge is 0.480 e. The zero-order valence-corrected chi connectivity index (χ0v) is 8.60. The highest BCUT2D eigenvalue weighted by Crippen LogP contribution is 2.35. The summed E-state index contributed by atoms with van der Waals surface area (Å²) in [6.07, 6.45) is 8.55. The van der Waals surface area contributed by atoms with Gasteiger partial charge >= 0.3 is 5.97 Å². The first-order chi connectivity index (χ1) is 6.43. The zero-order valence-electron chi connectivity index (χ0n) is 8.60. The van der Waals surface area contributed by atoms with E-state index in [0.29, 0.717) is 6.42 Å². The Kier molecular flexibility index (Phi) is 3.11. The molecule has 1 unspecified atom stereocenters. The van der Waals surface area contributed by atoms with E-state index in [1.807, 2.05) is 18.2 Å². The van der Waals surface area contributed by atoms with Crippen LogP contribution in [0, 0.1) is 11.3 Å². The predicted molar refractivity (Wildman–Crippen MR) is 55.8 cm³/mol. The molecule has 0 bridgehead atoms. The third-order valence-corrected chi connectivity index (χ3v) is 2.76. The van der Waals surface area contributed by atoms with E-state index in [1.54, 1.807) is 0 Å². The fourth-order valence-electron chi connectivity index (χ4n) is 1.63. The van der Waals surface area contributed by atoms with Crippen LogP contribution in [0.4, 0.5) is 0 Å². The topological polar surface area (TPSA) is 63.3 Å². The van der Waals surface area contributed by atoms with Crippen LogP contribution in [0.15, 0.2) is 24.3 Å². The van der Waals surface area contributed by atoms with E-state index in [-0.39, 0.29) is 11.3 Å². The van der Waals surface area contributed by atoms with Crippen LogP contribution in [0.1, 0.15) is 20.3 Å². The lowest BCUT2D eigenvalue weighted by atomic mass is 9.73. The van der Waals surface area contributed by atoms with Gasteiger partial charge in [-0.25, -0.2) is 0 Å². The summed E-state index contributed by atoms with van der Waals surface area (Å²) in [4.78, 5) is 10.6. The van der Waals surface area contributed by atoms with E-state index in [9.17, 15) is 4.79 Å². The third-order valence-electron chi connectivity index (χ3n) is 2.76. The molecule has 3 nitrogen and oxygen atoms in total. The molecule has 1 rings (SSSR count). The molecule has 0 aliphatic heterocycles. The van der Waals surface area contributed by atoms with E-state index < -0.39 is 12.0 Å². The van der Waals surface area contributed by atoms with Crippen LogP contribution in [0.2, 0.25) is 0 Å². The summed E-state index contributed by atoms with van der Waals surface area (Å²) in [6, 6.07) is -0.768. The summed E-state index contributed by atoms with van der Waals surface area (Å²) >= 11 is 0. The van der Waals surface area contributed by atoms with Crippen molar-refractivity contribution < 1.29 is 9.90 Å². The zero-order chi connectivity index (χ0) is 10.8. The minimum atomic E-state index is -0.927. The first-order valence-corrected chi connectivity index (χ1v) is 4.78. The Balaban J connectivity index is 2.65. The lowest BCUT2D eigenvalue weighted by molar-refractivity contribution is -0.139. The number of nitrogens with two attached hydrogens (primary N) is 1. The number of allylic oxidation sites excluding steroid dienone is 4. The molecule has 0 aromatic heterocycles. The van der Waals surface area contributed by atoms with Gasteiger partial charge in [-0.2, -0.15) is 0 Å². The van der Waals surface area contributed by atoms with E-state index >= 15 is 0 Å². The molecule has 0 spiro atoms. The minimum absolute atomic E-state index is 0.00181. The summed E-state index contributed by atoms with van der Waals surface area (Å²) in [6.45, 7) is 4.18. The Morgan fingerprint density at radius 3 is 2.71 bits per heavy atom. The maximum absolute atomic E-state index is 10.6. The van der Waals surface area contributed by atoms with Gasteiger partial charge in [-0.1, -0.05) is 38.2 Å². The average molecular weight is 195 g/mol. The highest BCUT2D eigenvalue weighted by atomic mass is 16.4. The van der Waals surface area contributed by atoms with Gasteiger partial charge < -0.3 is 10.8 Å². The molecule has 0 aromatic carbocycles. The van der Waals surface area contributed by atoms with Crippen LogP contribution in [-0.4, -0.2) is 17.1 Å². The molecule has 1 aliphatic rings. The number of hydrogen-bond donors (Lipinski definition) is 2. The lowest BCUT2D eigenvalue weighted by Gasteiger charge is -2.32. The highest BCUT2D eigenvalue weighted by Gasteiger charge is 2.29. The minimum Gasteiger partial charge on any atom is -0.480 e. The Labute approximate surface area is 84.3 Å². The van der Waals surface area contributed by atoms with Crippen molar-refractivity contribution in [2.45, 2.75) is 26.3 Å². The Morgan fingerprint density at radius 2 is 2.21 bits per heavy atom. The molecule has 14 heavy (non-hydrogen) atoms. The van der Waals surface area contributed by atoms with Gasteiger partial charge in [-0.15, -0.1) is 0 Å². The first-order valence-electron chi connectivity index (χ1n) is 4.78. The first kappa shape index (κ1) is 11.0. The number of rotatable bonds is 3. The molecule has 2 atom stereocenters. The van der Waals surface area contributed by atoms with Gasteiger partial charge in [0.25, 0.3) is 0 Å². The molecule has 3 N–H and O–H groups in total. The summed E-state index contributed by atoms with van der Waals surface area (Å²) in [5.41, 5.74) is 5.51. The van der Waals surface area contributed by atoms with Crippen LogP contribution >= 0.6 is 0 Å². The number of carboxylic acid groups (broad SMARTS) is 1. The van der Waals surface area contributed by atoms with Gasteiger partial charge in [0.15, 0.2) is 0 Å². The number of aliphatic carboxylic acids is 1. The Hall–Kier alpha value is -1.09. The van der Waals surface area contributed by atoms with Crippen molar-refractivity contribution in [1.82, 2.24) is 0 Å². The summed E-state index contributed by atoms with van der Waals surface area (Å²) in [7, 11) is 0. The Bertz CT molecular complexity index is 279. The van der Waals surface area contributed by atoms with Crippen molar-refractivity contribution in [3.63, 3.8) is 0 Å². The summed E-state index contributed by atoms with van der Waals surface area (Å²) in [5.74, 6) is -0.720. The van der Waals surface area contributed by atoms with E-state index in [0.717, 1.165) is 0 Å². The SMILES string of the molecule is CC1(C)C=CC=CC1C[C@H](N)C(=O)O. The Morgan fingerprint density at radius 1 is 1.57 bits per heavy atom. The summed E-state index contributed by atoms with van der Waals surface area (Å²) in [5, 5.41) is 8.72. The number of carbonyl (C=O) groups is 1. The fourth-order valence-corrected chi connectivity index (χ4v) is 1.63. The predicted octanol–water partition coefficient (Wildman–Crippen LogP) is 1.56. The van der Waals surface area contributed by atoms with E-state index in [1.165, 1.54) is 0 Å². The molecule has 0 radical (unpaired) electrons. The monoisotopic (exact) mass is 195 g/mol. The second-order valence-electron chi connectivity index (χ2n) is 4.35. The van der Waals surface area contributed by atoms with Gasteiger partial charge in [0.1, 0.15) is 6.04 Å². The van der Waals surface area contributed by atoms with Crippen LogP contribution in [-0.2, 0) is 4.79 Å². The van der Waals surface area contributed by atoms with Gasteiger partial charge in [0.2, 0.25) is 0 Å². The van der Waals surface area contributed by atoms with Crippen molar-refractivity contribution in [2.75, 3.05) is 0 Å². The summed E-state index contributed by atoms with van der Waals surface area (Å²) < 4.78 is 0. The number of hydrogen-bond acceptors (Lipinski definition) is 2. The van der Waals surface area contributed by atoms with Crippen molar-refractivity contribution in [1.29, 1.82) is 0 Å². The molecule has 78 valence electrons. The second kappa shape index (κ2) is 3.96. The van der Waals surface area contributed by atoms with Gasteiger partial charge in [-0.05, 0) is 17.8 Å². The maximum atomic E-state index is 10.6. The second-order valence-corrected chi connectivity index (χ2v) is 4.35. The van der Waals surface area contributed by atoms with E-state index in [4.69, 9.17) is 10.8 Å². The molecule has 0 amide bonds. The molecular weight excluding hydrogens is 178 g/mol. The van der Waals surface area contributed by atoms with Crippen molar-refractivity contribution in [2.24, 2.45) is 17.1 Å². The molecule has 1 aliphatic carbocycles. The maximum Gasteiger partial charge on any atom is 0.320 e. The molecule has 3 heteroatoms. The normalized spacial score (nSPS) is 26.1. The molecular formula is C11H17NO2. The standard InChI is InChI=1S/C11H17NO2/c1-11(2)6-4-3-5-8(11)7-9(12)10(13)14/h3-6,8-9H,7,12H2,1-2H3,(H,13,14)/t8?,9-/m0/s1. The van der Waals surface area contributed by atoms with Crippen molar-refractivity contribution in [3.05, 3.63) is 24.3 Å². The molecule has 0 fully saturated rings.